The molecule has 0 aromatic carbocycles. The van der Waals surface area contributed by atoms with Gasteiger partial charge in [-0.3, -0.25) is 0 Å². The summed E-state index contributed by atoms with van der Waals surface area (Å²) < 4.78 is 5.05. The molecule has 3 nitrogen and oxygen atoms in total. The molecule has 0 amide bonds. The molecule has 2 rings (SSSR count). The molecular weight excluding hydrogens is 210 g/mol. The van der Waals surface area contributed by atoms with E-state index in [1.54, 1.807) is 11.3 Å². The van der Waals surface area contributed by atoms with E-state index in [2.05, 4.69) is 12.2 Å². The van der Waals surface area contributed by atoms with E-state index in [0.29, 0.717) is 12.5 Å². The molecular formula is C11H15NO2S. The molecule has 4 heteroatoms. The molecule has 15 heavy (non-hydrogen) atoms. The van der Waals surface area contributed by atoms with Crippen molar-refractivity contribution in [3.63, 3.8) is 0 Å². The molecule has 1 aliphatic rings. The van der Waals surface area contributed by atoms with Crippen molar-refractivity contribution in [2.45, 2.75) is 26.3 Å². The second-order valence-electron chi connectivity index (χ2n) is 3.74. The Morgan fingerprint density at radius 3 is 3.27 bits per heavy atom. The molecule has 0 aliphatic carbocycles. The van der Waals surface area contributed by atoms with E-state index in [0.717, 1.165) is 18.7 Å². The highest BCUT2D eigenvalue weighted by Crippen LogP contribution is 2.32. The summed E-state index contributed by atoms with van der Waals surface area (Å²) in [6.45, 7) is 6.23. The number of rotatable bonds is 2. The van der Waals surface area contributed by atoms with Gasteiger partial charge in [-0.25, -0.2) is 4.79 Å². The summed E-state index contributed by atoms with van der Waals surface area (Å²) in [5, 5.41) is 5.26. The van der Waals surface area contributed by atoms with Crippen LogP contribution in [-0.4, -0.2) is 19.1 Å². The average Bonchev–Trinajstić information content (AvgIpc) is 2.63. The van der Waals surface area contributed by atoms with Gasteiger partial charge in [0, 0.05) is 23.3 Å². The number of carbonyl (C=O) groups excluding carboxylic acids is 1. The molecule has 0 bridgehead atoms. The molecule has 0 saturated heterocycles. The van der Waals surface area contributed by atoms with Crippen LogP contribution in [0.3, 0.4) is 0 Å². The van der Waals surface area contributed by atoms with Crippen molar-refractivity contribution in [2.24, 2.45) is 0 Å². The summed E-state index contributed by atoms with van der Waals surface area (Å²) in [5.41, 5.74) is 1.96. The number of ether oxygens (including phenoxy) is 1. The Balaban J connectivity index is 2.33. The van der Waals surface area contributed by atoms with Crippen LogP contribution in [-0.2, 0) is 11.3 Å². The minimum atomic E-state index is -0.177. The van der Waals surface area contributed by atoms with Crippen molar-refractivity contribution in [3.05, 3.63) is 21.4 Å². The minimum Gasteiger partial charge on any atom is -0.462 e. The highest BCUT2D eigenvalue weighted by Gasteiger charge is 2.25. The van der Waals surface area contributed by atoms with Gasteiger partial charge in [0.2, 0.25) is 0 Å². The summed E-state index contributed by atoms with van der Waals surface area (Å²) in [7, 11) is 0. The maximum atomic E-state index is 11.7. The lowest BCUT2D eigenvalue weighted by atomic mass is 9.94. The van der Waals surface area contributed by atoms with Gasteiger partial charge in [-0.1, -0.05) is 6.92 Å². The molecule has 2 heterocycles. The van der Waals surface area contributed by atoms with Crippen LogP contribution >= 0.6 is 11.3 Å². The number of hydrogen-bond acceptors (Lipinski definition) is 4. The summed E-state index contributed by atoms with van der Waals surface area (Å²) in [6.07, 6.45) is 0. The second-order valence-corrected chi connectivity index (χ2v) is 4.70. The molecule has 1 N–H and O–H groups in total. The Hall–Kier alpha value is -0.870. The van der Waals surface area contributed by atoms with Crippen molar-refractivity contribution in [2.75, 3.05) is 13.2 Å². The number of carbonyl (C=O) groups is 1. The van der Waals surface area contributed by atoms with Crippen LogP contribution in [0.4, 0.5) is 0 Å². The summed E-state index contributed by atoms with van der Waals surface area (Å²) in [4.78, 5) is 13.0. The maximum absolute atomic E-state index is 11.7. The Morgan fingerprint density at radius 2 is 2.53 bits per heavy atom. The zero-order valence-corrected chi connectivity index (χ0v) is 9.82. The normalized spacial score (nSPS) is 19.7. The highest BCUT2D eigenvalue weighted by atomic mass is 32.1. The molecule has 1 unspecified atom stereocenters. The van der Waals surface area contributed by atoms with Gasteiger partial charge in [-0.15, -0.1) is 11.3 Å². The molecule has 1 aliphatic heterocycles. The van der Waals surface area contributed by atoms with E-state index in [-0.39, 0.29) is 5.97 Å². The fourth-order valence-electron chi connectivity index (χ4n) is 1.96. The third-order valence-electron chi connectivity index (χ3n) is 2.63. The van der Waals surface area contributed by atoms with E-state index < -0.39 is 0 Å². The van der Waals surface area contributed by atoms with Crippen molar-refractivity contribution in [1.29, 1.82) is 0 Å². The van der Waals surface area contributed by atoms with E-state index >= 15 is 0 Å². The SMILES string of the molecule is CCOC(=O)c1csc2c1C(C)CNC2. The molecule has 0 fully saturated rings. The number of hydrogen-bond donors (Lipinski definition) is 1. The van der Waals surface area contributed by atoms with Gasteiger partial charge in [0.05, 0.1) is 12.2 Å². The Kier molecular flexibility index (Phi) is 3.07. The number of esters is 1. The first kappa shape index (κ1) is 10.6. The molecule has 82 valence electrons. The Morgan fingerprint density at radius 1 is 1.73 bits per heavy atom. The van der Waals surface area contributed by atoms with Crippen LogP contribution in [0.15, 0.2) is 5.38 Å². The van der Waals surface area contributed by atoms with Crippen molar-refractivity contribution >= 4 is 17.3 Å². The van der Waals surface area contributed by atoms with Crippen LogP contribution in [0.1, 0.15) is 40.6 Å². The molecule has 0 radical (unpaired) electrons. The zero-order chi connectivity index (χ0) is 10.8. The predicted molar refractivity (Wildman–Crippen MR) is 60.4 cm³/mol. The quantitative estimate of drug-likeness (QED) is 0.784. The Labute approximate surface area is 93.4 Å². The summed E-state index contributed by atoms with van der Waals surface area (Å²) in [5.74, 6) is 0.225. The second kappa shape index (κ2) is 4.33. The lowest BCUT2D eigenvalue weighted by Crippen LogP contribution is -2.26. The van der Waals surface area contributed by atoms with Gasteiger partial charge < -0.3 is 10.1 Å². The molecule has 1 atom stereocenters. The number of thiophene rings is 1. The first-order chi connectivity index (χ1) is 7.24. The number of fused-ring (bicyclic) bond motifs is 1. The van der Waals surface area contributed by atoms with Gasteiger partial charge in [0.15, 0.2) is 0 Å². The third kappa shape index (κ3) is 1.92. The average molecular weight is 225 g/mol. The van der Waals surface area contributed by atoms with Gasteiger partial charge in [-0.2, -0.15) is 0 Å². The van der Waals surface area contributed by atoms with Crippen LogP contribution < -0.4 is 5.32 Å². The predicted octanol–water partition coefficient (Wildman–Crippen LogP) is 2.13. The highest BCUT2D eigenvalue weighted by molar-refractivity contribution is 7.10. The van der Waals surface area contributed by atoms with Crippen LogP contribution in [0.5, 0.6) is 0 Å². The van der Waals surface area contributed by atoms with E-state index in [1.807, 2.05) is 12.3 Å². The fraction of sp³-hybridized carbons (Fsp3) is 0.545. The van der Waals surface area contributed by atoms with Crippen molar-refractivity contribution < 1.29 is 9.53 Å². The fourth-order valence-corrected chi connectivity index (χ4v) is 3.06. The van der Waals surface area contributed by atoms with E-state index in [9.17, 15) is 4.79 Å². The van der Waals surface area contributed by atoms with Crippen molar-refractivity contribution in [1.82, 2.24) is 5.32 Å². The van der Waals surface area contributed by atoms with Gasteiger partial charge in [0.1, 0.15) is 0 Å². The van der Waals surface area contributed by atoms with Gasteiger partial charge in [0.25, 0.3) is 0 Å². The maximum Gasteiger partial charge on any atom is 0.339 e. The molecule has 0 saturated carbocycles. The molecule has 1 aromatic rings. The topological polar surface area (TPSA) is 38.3 Å². The van der Waals surface area contributed by atoms with E-state index in [1.165, 1.54) is 10.4 Å². The zero-order valence-electron chi connectivity index (χ0n) is 9.00. The van der Waals surface area contributed by atoms with Crippen LogP contribution in [0.2, 0.25) is 0 Å². The first-order valence-corrected chi connectivity index (χ1v) is 6.10. The van der Waals surface area contributed by atoms with Crippen LogP contribution in [0, 0.1) is 0 Å². The van der Waals surface area contributed by atoms with Crippen LogP contribution in [0.25, 0.3) is 0 Å². The van der Waals surface area contributed by atoms with Gasteiger partial charge in [-0.05, 0) is 18.4 Å². The van der Waals surface area contributed by atoms with Gasteiger partial charge >= 0.3 is 5.97 Å². The van der Waals surface area contributed by atoms with Crippen molar-refractivity contribution in [3.8, 4) is 0 Å². The number of nitrogens with one attached hydrogen (secondary N) is 1. The first-order valence-electron chi connectivity index (χ1n) is 5.22. The molecule has 1 aromatic heterocycles. The summed E-state index contributed by atoms with van der Waals surface area (Å²) in [6, 6.07) is 0. The van der Waals surface area contributed by atoms with E-state index in [4.69, 9.17) is 4.74 Å². The monoisotopic (exact) mass is 225 g/mol. The smallest absolute Gasteiger partial charge is 0.339 e. The summed E-state index contributed by atoms with van der Waals surface area (Å²) >= 11 is 1.65. The third-order valence-corrected chi connectivity index (χ3v) is 3.64. The largest absolute Gasteiger partial charge is 0.462 e. The molecule has 0 spiro atoms. The standard InChI is InChI=1S/C11H15NO2S/c1-3-14-11(13)8-6-15-9-5-12-4-7(2)10(8)9/h6-7,12H,3-5H2,1-2H3. The minimum absolute atomic E-state index is 0.177. The lowest BCUT2D eigenvalue weighted by Gasteiger charge is -2.20. The Bertz CT molecular complexity index is 373. The lowest BCUT2D eigenvalue weighted by molar-refractivity contribution is 0.0525.